The first-order chi connectivity index (χ1) is 14.5. The van der Waals surface area contributed by atoms with Crippen LogP contribution in [0.4, 0.5) is 4.39 Å². The van der Waals surface area contributed by atoms with Gasteiger partial charge >= 0.3 is 0 Å². The Morgan fingerprint density at radius 2 is 1.63 bits per heavy atom. The predicted molar refractivity (Wildman–Crippen MR) is 122 cm³/mol. The Kier molecular flexibility index (Phi) is 8.20. The minimum absolute atomic E-state index is 0.0942. The van der Waals surface area contributed by atoms with Crippen molar-refractivity contribution in [3.8, 4) is 0 Å². The van der Waals surface area contributed by atoms with Crippen LogP contribution in [0.2, 0.25) is 0 Å². The Morgan fingerprint density at radius 1 is 1.00 bits per heavy atom. The second-order valence-corrected chi connectivity index (χ2v) is 8.35. The van der Waals surface area contributed by atoms with Crippen LogP contribution >= 0.6 is 12.2 Å². The molecule has 1 saturated carbocycles. The van der Waals surface area contributed by atoms with Gasteiger partial charge < -0.3 is 15.5 Å². The normalized spacial score (nSPS) is 14.2. The molecule has 0 bridgehead atoms. The van der Waals surface area contributed by atoms with E-state index in [9.17, 15) is 9.18 Å². The topological polar surface area (TPSA) is 44.4 Å². The van der Waals surface area contributed by atoms with Gasteiger partial charge in [-0.2, -0.15) is 0 Å². The van der Waals surface area contributed by atoms with Crippen LogP contribution in [0.25, 0.3) is 0 Å². The number of rotatable bonds is 7. The van der Waals surface area contributed by atoms with Crippen molar-refractivity contribution in [2.24, 2.45) is 0 Å². The van der Waals surface area contributed by atoms with Gasteiger partial charge in [0.15, 0.2) is 5.11 Å². The maximum atomic E-state index is 13.3. The van der Waals surface area contributed by atoms with E-state index in [1.54, 1.807) is 12.1 Å². The maximum absolute atomic E-state index is 13.3. The van der Waals surface area contributed by atoms with Crippen LogP contribution in [0.3, 0.4) is 0 Å². The van der Waals surface area contributed by atoms with Gasteiger partial charge in [-0.15, -0.1) is 0 Å². The monoisotopic (exact) mass is 427 g/mol. The third-order valence-corrected chi connectivity index (χ3v) is 5.93. The average Bonchev–Trinajstić information content (AvgIpc) is 2.77. The van der Waals surface area contributed by atoms with Crippen molar-refractivity contribution in [1.82, 2.24) is 15.5 Å². The Bertz CT molecular complexity index is 833. The minimum atomic E-state index is -0.242. The number of nitrogens with one attached hydrogen (secondary N) is 2. The molecule has 0 atom stereocenters. The number of carbonyl (C=O) groups is 1. The molecule has 30 heavy (non-hydrogen) atoms. The third kappa shape index (κ3) is 6.80. The van der Waals surface area contributed by atoms with Crippen LogP contribution in [0.15, 0.2) is 48.5 Å². The van der Waals surface area contributed by atoms with Gasteiger partial charge in [-0.25, -0.2) is 4.39 Å². The predicted octanol–water partition coefficient (Wildman–Crippen LogP) is 4.46. The van der Waals surface area contributed by atoms with Crippen molar-refractivity contribution in [3.63, 3.8) is 0 Å². The van der Waals surface area contributed by atoms with Gasteiger partial charge in [0.2, 0.25) is 5.91 Å². The Balaban J connectivity index is 1.54. The zero-order chi connectivity index (χ0) is 21.3. The van der Waals surface area contributed by atoms with Gasteiger partial charge in [0, 0.05) is 19.1 Å². The van der Waals surface area contributed by atoms with E-state index in [-0.39, 0.29) is 18.3 Å². The lowest BCUT2D eigenvalue weighted by Gasteiger charge is -2.36. The molecule has 160 valence electrons. The molecule has 2 N–H and O–H groups in total. The number of hydrogen-bond acceptors (Lipinski definition) is 2. The molecule has 0 saturated heterocycles. The molecular weight excluding hydrogens is 397 g/mol. The molecule has 1 aliphatic carbocycles. The fourth-order valence-corrected chi connectivity index (χ4v) is 4.06. The van der Waals surface area contributed by atoms with Crippen molar-refractivity contribution in [2.45, 2.75) is 58.2 Å². The summed E-state index contributed by atoms with van der Waals surface area (Å²) in [5, 5.41) is 6.64. The second kappa shape index (κ2) is 11.1. The molecule has 1 amide bonds. The van der Waals surface area contributed by atoms with E-state index in [0.717, 1.165) is 24.0 Å². The molecule has 2 aromatic carbocycles. The zero-order valence-corrected chi connectivity index (χ0v) is 18.3. The molecule has 1 aliphatic rings. The Hall–Kier alpha value is -2.47. The summed E-state index contributed by atoms with van der Waals surface area (Å²) in [4.78, 5) is 14.5. The highest BCUT2D eigenvalue weighted by atomic mass is 32.1. The molecule has 2 aromatic rings. The number of benzene rings is 2. The molecule has 1 fully saturated rings. The summed E-state index contributed by atoms with van der Waals surface area (Å²) in [7, 11) is 0. The summed E-state index contributed by atoms with van der Waals surface area (Å²) < 4.78 is 13.3. The van der Waals surface area contributed by atoms with E-state index >= 15 is 0 Å². The van der Waals surface area contributed by atoms with Crippen LogP contribution in [-0.4, -0.2) is 28.5 Å². The first-order valence-corrected chi connectivity index (χ1v) is 11.0. The quantitative estimate of drug-likeness (QED) is 0.641. The Labute approximate surface area is 183 Å². The highest BCUT2D eigenvalue weighted by Crippen LogP contribution is 2.24. The van der Waals surface area contributed by atoms with E-state index < -0.39 is 0 Å². The van der Waals surface area contributed by atoms with Crippen molar-refractivity contribution in [3.05, 3.63) is 71.0 Å². The van der Waals surface area contributed by atoms with Crippen LogP contribution in [-0.2, 0) is 17.9 Å². The van der Waals surface area contributed by atoms with Gasteiger partial charge in [-0.1, -0.05) is 61.2 Å². The fourth-order valence-electron chi connectivity index (χ4n) is 3.77. The first kappa shape index (κ1) is 22.2. The van der Waals surface area contributed by atoms with Crippen molar-refractivity contribution >= 4 is 23.2 Å². The lowest BCUT2D eigenvalue weighted by molar-refractivity contribution is -0.120. The van der Waals surface area contributed by atoms with Crippen molar-refractivity contribution in [1.29, 1.82) is 0 Å². The summed E-state index contributed by atoms with van der Waals surface area (Å²) in [5.41, 5.74) is 3.27. The van der Waals surface area contributed by atoms with Gasteiger partial charge in [0.1, 0.15) is 5.82 Å². The summed E-state index contributed by atoms with van der Waals surface area (Å²) in [6, 6.07) is 15.0. The van der Waals surface area contributed by atoms with Crippen LogP contribution < -0.4 is 10.6 Å². The smallest absolute Gasteiger partial charge is 0.239 e. The SMILES string of the molecule is Cc1ccc(CNC(=O)CNC(=S)N(Cc2ccc(F)cc2)C2CCCCC2)cc1. The summed E-state index contributed by atoms with van der Waals surface area (Å²) in [6.45, 7) is 3.28. The number of nitrogens with zero attached hydrogens (tertiary/aromatic N) is 1. The molecule has 0 heterocycles. The molecule has 3 rings (SSSR count). The second-order valence-electron chi connectivity index (χ2n) is 7.97. The maximum Gasteiger partial charge on any atom is 0.239 e. The van der Waals surface area contributed by atoms with Crippen molar-refractivity contribution < 1.29 is 9.18 Å². The number of halogens is 1. The highest BCUT2D eigenvalue weighted by molar-refractivity contribution is 7.80. The summed E-state index contributed by atoms with van der Waals surface area (Å²) in [6.07, 6.45) is 5.79. The number of amides is 1. The van der Waals surface area contributed by atoms with Crippen LogP contribution in [0, 0.1) is 12.7 Å². The average molecular weight is 428 g/mol. The molecule has 0 aliphatic heterocycles. The highest BCUT2D eigenvalue weighted by Gasteiger charge is 2.23. The number of carbonyl (C=O) groups excluding carboxylic acids is 1. The molecule has 4 nitrogen and oxygen atoms in total. The van der Waals surface area contributed by atoms with Crippen LogP contribution in [0.1, 0.15) is 48.8 Å². The van der Waals surface area contributed by atoms with Gasteiger partial charge in [-0.3, -0.25) is 4.79 Å². The van der Waals surface area contributed by atoms with Crippen LogP contribution in [0.5, 0.6) is 0 Å². The van der Waals surface area contributed by atoms with E-state index in [1.165, 1.54) is 37.0 Å². The molecule has 0 unspecified atom stereocenters. The number of thiocarbonyl (C=S) groups is 1. The lowest BCUT2D eigenvalue weighted by atomic mass is 9.94. The summed E-state index contributed by atoms with van der Waals surface area (Å²) in [5.74, 6) is -0.336. The zero-order valence-electron chi connectivity index (χ0n) is 17.5. The summed E-state index contributed by atoms with van der Waals surface area (Å²) >= 11 is 5.65. The lowest BCUT2D eigenvalue weighted by Crippen LogP contribution is -2.48. The molecular formula is C24H30FN3OS. The molecule has 0 spiro atoms. The third-order valence-electron chi connectivity index (χ3n) is 5.55. The molecule has 0 aromatic heterocycles. The van der Waals surface area contributed by atoms with E-state index in [4.69, 9.17) is 12.2 Å². The van der Waals surface area contributed by atoms with Crippen molar-refractivity contribution in [2.75, 3.05) is 6.54 Å². The van der Waals surface area contributed by atoms with Gasteiger partial charge in [0.05, 0.1) is 6.54 Å². The first-order valence-electron chi connectivity index (χ1n) is 10.6. The Morgan fingerprint density at radius 3 is 2.30 bits per heavy atom. The largest absolute Gasteiger partial charge is 0.353 e. The van der Waals surface area contributed by atoms with Gasteiger partial charge in [-0.05, 0) is 55.2 Å². The number of hydrogen-bond donors (Lipinski definition) is 2. The molecule has 0 radical (unpaired) electrons. The van der Waals surface area contributed by atoms with E-state index in [2.05, 4.69) is 15.5 Å². The number of aryl methyl sites for hydroxylation is 1. The molecule has 6 heteroatoms. The fraction of sp³-hybridized carbons (Fsp3) is 0.417. The minimum Gasteiger partial charge on any atom is -0.353 e. The van der Waals surface area contributed by atoms with E-state index in [1.807, 2.05) is 31.2 Å². The standard InChI is InChI=1S/C24H30FN3OS/c1-18-7-9-19(10-8-18)15-26-23(29)16-27-24(30)28(22-5-3-2-4-6-22)17-20-11-13-21(25)14-12-20/h7-14,22H,2-6,15-17H2,1H3,(H,26,29)(H,27,30). The van der Waals surface area contributed by atoms with E-state index in [0.29, 0.717) is 24.2 Å². The van der Waals surface area contributed by atoms with Gasteiger partial charge in [0.25, 0.3) is 0 Å².